The minimum absolute atomic E-state index is 0.0219. The first-order chi connectivity index (χ1) is 13.3. The molecule has 2 rings (SSSR count). The predicted octanol–water partition coefficient (Wildman–Crippen LogP) is 1.79. The second-order valence-electron chi connectivity index (χ2n) is 6.94. The monoisotopic (exact) mass is 392 g/mol. The van der Waals surface area contributed by atoms with Crippen LogP contribution in [0.25, 0.3) is 0 Å². The average molecular weight is 392 g/mol. The number of carbonyl (C=O) groups excluding carboxylic acids is 2. The first-order valence-corrected chi connectivity index (χ1v) is 9.44. The summed E-state index contributed by atoms with van der Waals surface area (Å²) in [5, 5.41) is 14.9. The SMILES string of the molecule is CCOc1ccccc1C(CC(=O)NC1(CC(=O)O)CCOCC1)NC(C)=O. The van der Waals surface area contributed by atoms with Crippen LogP contribution in [0.15, 0.2) is 24.3 Å². The molecule has 1 aliphatic heterocycles. The molecule has 1 atom stereocenters. The third kappa shape index (κ3) is 6.23. The Morgan fingerprint density at radius 2 is 1.93 bits per heavy atom. The number of aliphatic carboxylic acids is 1. The highest BCUT2D eigenvalue weighted by Gasteiger charge is 2.37. The number of nitrogens with one attached hydrogen (secondary N) is 2. The number of carboxylic acid groups (broad SMARTS) is 1. The molecule has 3 N–H and O–H groups in total. The summed E-state index contributed by atoms with van der Waals surface area (Å²) in [6, 6.07) is 6.65. The lowest BCUT2D eigenvalue weighted by Gasteiger charge is -2.37. The van der Waals surface area contributed by atoms with Gasteiger partial charge in [-0.3, -0.25) is 14.4 Å². The third-order valence-corrected chi connectivity index (χ3v) is 4.71. The molecule has 0 radical (unpaired) electrons. The van der Waals surface area contributed by atoms with Crippen LogP contribution in [0.3, 0.4) is 0 Å². The van der Waals surface area contributed by atoms with Crippen molar-refractivity contribution in [2.24, 2.45) is 0 Å². The van der Waals surface area contributed by atoms with Gasteiger partial charge in [0, 0.05) is 25.7 Å². The Bertz CT molecular complexity index is 700. The van der Waals surface area contributed by atoms with Gasteiger partial charge in [0.1, 0.15) is 5.75 Å². The number of hydrogen-bond donors (Lipinski definition) is 3. The van der Waals surface area contributed by atoms with E-state index in [1.807, 2.05) is 19.1 Å². The molecule has 1 unspecified atom stereocenters. The molecule has 0 bridgehead atoms. The number of benzene rings is 1. The van der Waals surface area contributed by atoms with Gasteiger partial charge < -0.3 is 25.2 Å². The molecule has 8 heteroatoms. The van der Waals surface area contributed by atoms with Crippen LogP contribution in [0, 0.1) is 0 Å². The van der Waals surface area contributed by atoms with E-state index in [9.17, 15) is 19.5 Å². The van der Waals surface area contributed by atoms with Crippen molar-refractivity contribution in [2.75, 3.05) is 19.8 Å². The summed E-state index contributed by atoms with van der Waals surface area (Å²) in [6.07, 6.45) is 0.686. The minimum Gasteiger partial charge on any atom is -0.494 e. The van der Waals surface area contributed by atoms with Gasteiger partial charge in [0.05, 0.1) is 31.0 Å². The molecule has 1 heterocycles. The van der Waals surface area contributed by atoms with Gasteiger partial charge in [0.25, 0.3) is 0 Å². The van der Waals surface area contributed by atoms with Gasteiger partial charge in [-0.05, 0) is 25.8 Å². The third-order valence-electron chi connectivity index (χ3n) is 4.71. The normalized spacial score (nSPS) is 16.6. The van der Waals surface area contributed by atoms with E-state index < -0.39 is 17.6 Å². The Labute approximate surface area is 164 Å². The number of carbonyl (C=O) groups is 3. The van der Waals surface area contributed by atoms with Crippen molar-refractivity contribution in [1.82, 2.24) is 10.6 Å². The lowest BCUT2D eigenvalue weighted by atomic mass is 9.86. The van der Waals surface area contributed by atoms with E-state index in [2.05, 4.69) is 10.6 Å². The predicted molar refractivity (Wildman–Crippen MR) is 102 cm³/mol. The zero-order valence-corrected chi connectivity index (χ0v) is 16.3. The first-order valence-electron chi connectivity index (χ1n) is 9.44. The second-order valence-corrected chi connectivity index (χ2v) is 6.94. The molecule has 8 nitrogen and oxygen atoms in total. The van der Waals surface area contributed by atoms with E-state index in [0.717, 1.165) is 0 Å². The highest BCUT2D eigenvalue weighted by molar-refractivity contribution is 5.81. The van der Waals surface area contributed by atoms with Gasteiger partial charge in [-0.15, -0.1) is 0 Å². The van der Waals surface area contributed by atoms with Crippen molar-refractivity contribution in [3.05, 3.63) is 29.8 Å². The Morgan fingerprint density at radius 1 is 1.25 bits per heavy atom. The van der Waals surface area contributed by atoms with Gasteiger partial charge in [0.2, 0.25) is 11.8 Å². The number of carboxylic acids is 1. The molecule has 0 saturated carbocycles. The van der Waals surface area contributed by atoms with Crippen LogP contribution < -0.4 is 15.4 Å². The second kappa shape index (κ2) is 10.1. The van der Waals surface area contributed by atoms with Crippen LogP contribution >= 0.6 is 0 Å². The molecule has 0 aromatic heterocycles. The van der Waals surface area contributed by atoms with E-state index >= 15 is 0 Å². The maximum Gasteiger partial charge on any atom is 0.305 e. The van der Waals surface area contributed by atoms with E-state index in [1.54, 1.807) is 12.1 Å². The standard InChI is InChI=1S/C20H28N2O6/c1-3-28-17-7-5-4-6-15(17)16(21-14(2)23)12-18(24)22-20(13-19(25)26)8-10-27-11-9-20/h4-7,16H,3,8-13H2,1-2H3,(H,21,23)(H,22,24)(H,25,26). The molecule has 0 aliphatic carbocycles. The smallest absolute Gasteiger partial charge is 0.305 e. The number of hydrogen-bond acceptors (Lipinski definition) is 5. The Kier molecular flexibility index (Phi) is 7.80. The van der Waals surface area contributed by atoms with Crippen molar-refractivity contribution in [3.8, 4) is 5.75 Å². The van der Waals surface area contributed by atoms with Gasteiger partial charge in [-0.2, -0.15) is 0 Å². The molecule has 1 aliphatic rings. The number of amides is 2. The number of rotatable bonds is 9. The van der Waals surface area contributed by atoms with Crippen LogP contribution in [-0.4, -0.2) is 48.2 Å². The van der Waals surface area contributed by atoms with E-state index in [-0.39, 0.29) is 24.7 Å². The largest absolute Gasteiger partial charge is 0.494 e. The summed E-state index contributed by atoms with van der Waals surface area (Å²) in [5.41, 5.74) is -0.129. The summed E-state index contributed by atoms with van der Waals surface area (Å²) in [6.45, 7) is 4.50. The fourth-order valence-corrected chi connectivity index (χ4v) is 3.47. The Balaban J connectivity index is 2.18. The highest BCUT2D eigenvalue weighted by atomic mass is 16.5. The molecule has 2 amide bonds. The fourth-order valence-electron chi connectivity index (χ4n) is 3.47. The zero-order valence-electron chi connectivity index (χ0n) is 16.3. The van der Waals surface area contributed by atoms with Crippen molar-refractivity contribution in [3.63, 3.8) is 0 Å². The molecule has 28 heavy (non-hydrogen) atoms. The van der Waals surface area contributed by atoms with Crippen molar-refractivity contribution >= 4 is 17.8 Å². The van der Waals surface area contributed by atoms with Gasteiger partial charge in [0.15, 0.2) is 0 Å². The lowest BCUT2D eigenvalue weighted by molar-refractivity contribution is -0.140. The summed E-state index contributed by atoms with van der Waals surface area (Å²) in [7, 11) is 0. The van der Waals surface area contributed by atoms with Crippen LogP contribution in [-0.2, 0) is 19.1 Å². The van der Waals surface area contributed by atoms with Crippen molar-refractivity contribution in [2.45, 2.75) is 51.1 Å². The average Bonchev–Trinajstić information content (AvgIpc) is 2.61. The maximum atomic E-state index is 12.8. The zero-order chi connectivity index (χ0) is 20.6. The summed E-state index contributed by atoms with van der Waals surface area (Å²) < 4.78 is 10.9. The minimum atomic E-state index is -0.970. The van der Waals surface area contributed by atoms with Crippen LogP contribution in [0.2, 0.25) is 0 Å². The van der Waals surface area contributed by atoms with E-state index in [0.29, 0.717) is 44.0 Å². The Hall–Kier alpha value is -2.61. The molecule has 1 aromatic carbocycles. The summed E-state index contributed by atoms with van der Waals surface area (Å²) in [4.78, 5) is 35.8. The molecular weight excluding hydrogens is 364 g/mol. The van der Waals surface area contributed by atoms with Crippen LogP contribution in [0.1, 0.15) is 51.1 Å². The quantitative estimate of drug-likeness (QED) is 0.590. The van der Waals surface area contributed by atoms with Gasteiger partial charge in [-0.1, -0.05) is 18.2 Å². The molecule has 1 fully saturated rings. The van der Waals surface area contributed by atoms with E-state index in [4.69, 9.17) is 9.47 Å². The van der Waals surface area contributed by atoms with E-state index in [1.165, 1.54) is 6.92 Å². The van der Waals surface area contributed by atoms with Crippen molar-refractivity contribution in [1.29, 1.82) is 0 Å². The van der Waals surface area contributed by atoms with Crippen molar-refractivity contribution < 1.29 is 29.0 Å². The highest BCUT2D eigenvalue weighted by Crippen LogP contribution is 2.29. The molecule has 154 valence electrons. The molecule has 1 saturated heterocycles. The molecule has 0 spiro atoms. The number of para-hydroxylation sites is 1. The van der Waals surface area contributed by atoms with Crippen LogP contribution in [0.5, 0.6) is 5.75 Å². The first kappa shape index (κ1) is 21.7. The van der Waals surface area contributed by atoms with Crippen LogP contribution in [0.4, 0.5) is 0 Å². The topological polar surface area (TPSA) is 114 Å². The summed E-state index contributed by atoms with van der Waals surface area (Å²) in [5.74, 6) is -0.964. The fraction of sp³-hybridized carbons (Fsp3) is 0.550. The van der Waals surface area contributed by atoms with Gasteiger partial charge in [-0.25, -0.2) is 0 Å². The Morgan fingerprint density at radius 3 is 2.54 bits per heavy atom. The van der Waals surface area contributed by atoms with Gasteiger partial charge >= 0.3 is 5.97 Å². The number of ether oxygens (including phenoxy) is 2. The summed E-state index contributed by atoms with van der Waals surface area (Å²) >= 11 is 0. The molecule has 1 aromatic rings. The lowest BCUT2D eigenvalue weighted by Crippen LogP contribution is -2.53. The molecular formula is C20H28N2O6. The maximum absolute atomic E-state index is 12.8.